The number of hydrogen-bond donors (Lipinski definition) is 2. The molecular formula is C21H29N3O2S. The van der Waals surface area contributed by atoms with Gasteiger partial charge in [0.05, 0.1) is 17.2 Å². The van der Waals surface area contributed by atoms with Crippen LogP contribution in [0.3, 0.4) is 0 Å². The highest BCUT2D eigenvalue weighted by Crippen LogP contribution is 2.22. The van der Waals surface area contributed by atoms with Crippen molar-refractivity contribution in [3.8, 4) is 0 Å². The first-order valence-electron chi connectivity index (χ1n) is 9.21. The first kappa shape index (κ1) is 21.0. The number of aliphatic imine (C=N–C) groups is 1. The Balaban J connectivity index is 1.98. The fourth-order valence-electron chi connectivity index (χ4n) is 2.65. The van der Waals surface area contributed by atoms with Crippen LogP contribution in [0.5, 0.6) is 0 Å². The van der Waals surface area contributed by atoms with E-state index in [0.717, 1.165) is 0 Å². The van der Waals surface area contributed by atoms with E-state index in [4.69, 9.17) is 0 Å². The van der Waals surface area contributed by atoms with Crippen molar-refractivity contribution in [2.24, 2.45) is 4.99 Å². The molecule has 0 amide bonds. The van der Waals surface area contributed by atoms with E-state index in [1.54, 1.807) is 24.3 Å². The van der Waals surface area contributed by atoms with Crippen LogP contribution in [0.2, 0.25) is 0 Å². The quantitative estimate of drug-likeness (QED) is 0.540. The van der Waals surface area contributed by atoms with Crippen molar-refractivity contribution in [2.45, 2.75) is 31.1 Å². The number of benzene rings is 2. The van der Waals surface area contributed by atoms with Crippen molar-refractivity contribution >= 4 is 15.8 Å². The van der Waals surface area contributed by atoms with E-state index in [9.17, 15) is 8.42 Å². The first-order chi connectivity index (χ1) is 12.8. The third kappa shape index (κ3) is 6.40. The molecule has 5 nitrogen and oxygen atoms in total. The van der Waals surface area contributed by atoms with Gasteiger partial charge in [0.2, 0.25) is 0 Å². The van der Waals surface area contributed by atoms with Gasteiger partial charge in [-0.25, -0.2) is 8.42 Å². The van der Waals surface area contributed by atoms with Crippen LogP contribution >= 0.6 is 0 Å². The van der Waals surface area contributed by atoms with Gasteiger partial charge in [-0.05, 0) is 24.6 Å². The largest absolute Gasteiger partial charge is 0.357 e. The number of rotatable bonds is 8. The molecule has 0 aliphatic carbocycles. The Morgan fingerprint density at radius 2 is 1.56 bits per heavy atom. The van der Waals surface area contributed by atoms with Crippen molar-refractivity contribution in [1.29, 1.82) is 0 Å². The molecule has 0 fully saturated rings. The molecule has 2 N–H and O–H groups in total. The molecule has 2 aromatic carbocycles. The SMILES string of the molecule is CCNC(=NCC(C)(C)c1ccccc1)NCCS(=O)(=O)c1ccccc1. The smallest absolute Gasteiger partial charge is 0.191 e. The van der Waals surface area contributed by atoms with Crippen LogP contribution in [0.1, 0.15) is 26.3 Å². The maximum Gasteiger partial charge on any atom is 0.191 e. The van der Waals surface area contributed by atoms with E-state index >= 15 is 0 Å². The average molecular weight is 388 g/mol. The van der Waals surface area contributed by atoms with Gasteiger partial charge in [0.25, 0.3) is 0 Å². The Bertz CT molecular complexity index is 832. The monoisotopic (exact) mass is 387 g/mol. The topological polar surface area (TPSA) is 70.6 Å². The normalized spacial score (nSPS) is 12.6. The molecule has 0 heterocycles. The van der Waals surface area contributed by atoms with Crippen LogP contribution in [-0.4, -0.2) is 39.8 Å². The molecule has 0 bridgehead atoms. The minimum Gasteiger partial charge on any atom is -0.357 e. The summed E-state index contributed by atoms with van der Waals surface area (Å²) in [7, 11) is -3.30. The minimum atomic E-state index is -3.30. The van der Waals surface area contributed by atoms with E-state index in [-0.39, 0.29) is 11.2 Å². The van der Waals surface area contributed by atoms with E-state index < -0.39 is 9.84 Å². The fourth-order valence-corrected chi connectivity index (χ4v) is 3.83. The zero-order valence-electron chi connectivity index (χ0n) is 16.3. The molecule has 2 aromatic rings. The van der Waals surface area contributed by atoms with Crippen molar-refractivity contribution in [1.82, 2.24) is 10.6 Å². The van der Waals surface area contributed by atoms with Gasteiger partial charge in [-0.3, -0.25) is 4.99 Å². The number of guanidine groups is 1. The third-order valence-corrected chi connectivity index (χ3v) is 6.03. The summed E-state index contributed by atoms with van der Waals surface area (Å²) in [5.74, 6) is 0.647. The standard InChI is InChI=1S/C21H29N3O2S/c1-4-22-20(24-17-21(2,3)18-11-7-5-8-12-18)23-15-16-27(25,26)19-13-9-6-10-14-19/h5-14H,4,15-17H2,1-3H3,(H2,22,23,24). The summed E-state index contributed by atoms with van der Waals surface area (Å²) in [4.78, 5) is 5.00. The lowest BCUT2D eigenvalue weighted by Crippen LogP contribution is -2.40. The van der Waals surface area contributed by atoms with Crippen LogP contribution in [0.15, 0.2) is 70.6 Å². The van der Waals surface area contributed by atoms with Crippen LogP contribution < -0.4 is 10.6 Å². The molecule has 0 unspecified atom stereocenters. The first-order valence-corrected chi connectivity index (χ1v) is 10.9. The van der Waals surface area contributed by atoms with Gasteiger partial charge in [-0.15, -0.1) is 0 Å². The second-order valence-corrected chi connectivity index (χ2v) is 9.11. The molecular weight excluding hydrogens is 358 g/mol. The Morgan fingerprint density at radius 1 is 0.963 bits per heavy atom. The average Bonchev–Trinajstić information content (AvgIpc) is 2.67. The molecule has 6 heteroatoms. The lowest BCUT2D eigenvalue weighted by atomic mass is 9.85. The number of nitrogens with zero attached hydrogens (tertiary/aromatic N) is 1. The molecule has 0 aliphatic rings. The number of hydrogen-bond acceptors (Lipinski definition) is 3. The van der Waals surface area contributed by atoms with Crippen molar-refractivity contribution in [3.63, 3.8) is 0 Å². The summed E-state index contributed by atoms with van der Waals surface area (Å²) in [6.45, 7) is 7.89. The zero-order valence-corrected chi connectivity index (χ0v) is 17.1. The number of sulfone groups is 1. The zero-order chi connectivity index (χ0) is 19.8. The van der Waals surface area contributed by atoms with Gasteiger partial charge in [-0.2, -0.15) is 0 Å². The molecule has 0 saturated carbocycles. The van der Waals surface area contributed by atoms with E-state index in [1.807, 2.05) is 31.2 Å². The maximum absolute atomic E-state index is 12.4. The van der Waals surface area contributed by atoms with Crippen molar-refractivity contribution < 1.29 is 8.42 Å². The molecule has 0 atom stereocenters. The highest BCUT2D eigenvalue weighted by molar-refractivity contribution is 7.91. The van der Waals surface area contributed by atoms with Gasteiger partial charge in [-0.1, -0.05) is 62.4 Å². The summed E-state index contributed by atoms with van der Waals surface area (Å²) in [5, 5.41) is 6.31. The molecule has 0 radical (unpaired) electrons. The molecule has 2 rings (SSSR count). The third-order valence-electron chi connectivity index (χ3n) is 4.30. The van der Waals surface area contributed by atoms with Crippen LogP contribution in [0, 0.1) is 0 Å². The summed E-state index contributed by atoms with van der Waals surface area (Å²) < 4.78 is 24.7. The summed E-state index contributed by atoms with van der Waals surface area (Å²) in [6.07, 6.45) is 0. The van der Waals surface area contributed by atoms with E-state index in [2.05, 4.69) is 41.6 Å². The van der Waals surface area contributed by atoms with Gasteiger partial charge < -0.3 is 10.6 Å². The molecule has 146 valence electrons. The number of nitrogens with one attached hydrogen (secondary N) is 2. The minimum absolute atomic E-state index is 0.0174. The fraction of sp³-hybridized carbons (Fsp3) is 0.381. The summed E-state index contributed by atoms with van der Waals surface area (Å²) in [5.41, 5.74) is 1.11. The Morgan fingerprint density at radius 3 is 2.15 bits per heavy atom. The summed E-state index contributed by atoms with van der Waals surface area (Å²) >= 11 is 0. The Kier molecular flexibility index (Phi) is 7.42. The van der Waals surface area contributed by atoms with E-state index in [0.29, 0.717) is 30.5 Å². The van der Waals surface area contributed by atoms with Crippen LogP contribution in [0.4, 0.5) is 0 Å². The van der Waals surface area contributed by atoms with Gasteiger partial charge in [0.1, 0.15) is 0 Å². The van der Waals surface area contributed by atoms with Crippen LogP contribution in [-0.2, 0) is 15.3 Å². The van der Waals surface area contributed by atoms with Gasteiger partial charge in [0, 0.05) is 18.5 Å². The molecule has 0 aliphatic heterocycles. The predicted octanol–water partition coefficient (Wildman–Crippen LogP) is 2.99. The summed E-state index contributed by atoms with van der Waals surface area (Å²) in [6, 6.07) is 18.8. The second-order valence-electron chi connectivity index (χ2n) is 7.00. The Hall–Kier alpha value is -2.34. The highest BCUT2D eigenvalue weighted by Gasteiger charge is 2.20. The lowest BCUT2D eigenvalue weighted by Gasteiger charge is -2.24. The van der Waals surface area contributed by atoms with Gasteiger partial charge >= 0.3 is 0 Å². The lowest BCUT2D eigenvalue weighted by molar-refractivity contribution is 0.537. The second kappa shape index (κ2) is 9.55. The highest BCUT2D eigenvalue weighted by atomic mass is 32.2. The van der Waals surface area contributed by atoms with Crippen LogP contribution in [0.25, 0.3) is 0 Å². The van der Waals surface area contributed by atoms with Crippen molar-refractivity contribution in [2.75, 3.05) is 25.4 Å². The van der Waals surface area contributed by atoms with Gasteiger partial charge in [0.15, 0.2) is 15.8 Å². The molecule has 0 spiro atoms. The predicted molar refractivity (Wildman–Crippen MR) is 112 cm³/mol. The molecule has 0 aromatic heterocycles. The maximum atomic E-state index is 12.4. The Labute approximate surface area is 162 Å². The van der Waals surface area contributed by atoms with E-state index in [1.165, 1.54) is 5.56 Å². The molecule has 27 heavy (non-hydrogen) atoms. The van der Waals surface area contributed by atoms with Crippen molar-refractivity contribution in [3.05, 3.63) is 66.2 Å². The molecule has 0 saturated heterocycles.